The molecule has 0 atom stereocenters. The summed E-state index contributed by atoms with van der Waals surface area (Å²) in [7, 11) is -3.08. The Hall–Kier alpha value is -4.45. The zero-order chi connectivity index (χ0) is 29.5. The van der Waals surface area contributed by atoms with Crippen LogP contribution in [0.4, 0.5) is 0 Å². The lowest BCUT2D eigenvalue weighted by Crippen LogP contribution is -2.26. The standard InChI is InChI=1S/C41H33OP/c1-26-21-27(2)40-36(22-26)32-18-12-11-17-31(32)34-25-39-35(24-37(34)40)33-20-19-30(23-38(33)41(39,3)4)43(42,28-13-7-5-8-14-28)29-15-9-6-10-16-29/h5-25H,1-4H3. The van der Waals surface area contributed by atoms with Crippen molar-refractivity contribution in [1.82, 2.24) is 0 Å². The first kappa shape index (κ1) is 26.2. The SMILES string of the molecule is Cc1cc(C)c2c(c1)c1ccccc1c1cc3c(cc12)-c1ccc(P(=O)(c2ccccc2)c2ccccc2)cc1C3(C)C. The van der Waals surface area contributed by atoms with E-state index in [1.807, 2.05) is 60.7 Å². The molecule has 208 valence electrons. The Labute approximate surface area is 253 Å². The molecule has 43 heavy (non-hydrogen) atoms. The highest BCUT2D eigenvalue weighted by atomic mass is 31.2. The fourth-order valence-corrected chi connectivity index (χ4v) is 10.3. The van der Waals surface area contributed by atoms with Gasteiger partial charge < -0.3 is 4.57 Å². The highest BCUT2D eigenvalue weighted by Gasteiger charge is 2.38. The molecule has 1 nitrogen and oxygen atoms in total. The first-order chi connectivity index (χ1) is 20.8. The van der Waals surface area contributed by atoms with Crippen molar-refractivity contribution in [2.24, 2.45) is 0 Å². The van der Waals surface area contributed by atoms with Crippen molar-refractivity contribution >= 4 is 55.4 Å². The average Bonchev–Trinajstić information content (AvgIpc) is 3.25. The molecule has 0 saturated carbocycles. The van der Waals surface area contributed by atoms with Crippen molar-refractivity contribution in [2.45, 2.75) is 33.1 Å². The van der Waals surface area contributed by atoms with Gasteiger partial charge in [-0.05, 0) is 92.2 Å². The fraction of sp³-hybridized carbons (Fsp3) is 0.122. The van der Waals surface area contributed by atoms with Crippen LogP contribution < -0.4 is 15.9 Å². The fourth-order valence-electron chi connectivity index (χ4n) is 7.61. The molecule has 0 heterocycles. The molecule has 0 saturated heterocycles. The van der Waals surface area contributed by atoms with Gasteiger partial charge in [0.2, 0.25) is 0 Å². The molecule has 0 fully saturated rings. The van der Waals surface area contributed by atoms with Gasteiger partial charge in [-0.15, -0.1) is 0 Å². The Morgan fingerprint density at radius 2 is 1.05 bits per heavy atom. The van der Waals surface area contributed by atoms with Crippen molar-refractivity contribution in [3.8, 4) is 11.1 Å². The highest BCUT2D eigenvalue weighted by Crippen LogP contribution is 2.53. The van der Waals surface area contributed by atoms with Crippen LogP contribution >= 0.6 is 7.14 Å². The Bertz CT molecular complexity index is 2250. The summed E-state index contributed by atoms with van der Waals surface area (Å²) in [6.07, 6.45) is 0. The van der Waals surface area contributed by atoms with Gasteiger partial charge in [0, 0.05) is 21.3 Å². The molecule has 7 aromatic rings. The van der Waals surface area contributed by atoms with E-state index in [4.69, 9.17) is 0 Å². The van der Waals surface area contributed by atoms with Gasteiger partial charge in [0.15, 0.2) is 7.14 Å². The molecule has 8 rings (SSSR count). The first-order valence-electron chi connectivity index (χ1n) is 15.0. The van der Waals surface area contributed by atoms with Gasteiger partial charge in [0.1, 0.15) is 0 Å². The minimum Gasteiger partial charge on any atom is -0.309 e. The van der Waals surface area contributed by atoms with Gasteiger partial charge in [-0.1, -0.05) is 129 Å². The first-order valence-corrected chi connectivity index (χ1v) is 16.8. The Morgan fingerprint density at radius 3 is 1.70 bits per heavy atom. The third-order valence-electron chi connectivity index (χ3n) is 9.66. The van der Waals surface area contributed by atoms with Crippen LogP contribution in [0.15, 0.2) is 127 Å². The monoisotopic (exact) mass is 572 g/mol. The van der Waals surface area contributed by atoms with E-state index in [0.29, 0.717) is 0 Å². The summed E-state index contributed by atoms with van der Waals surface area (Å²) in [4.78, 5) is 0. The molecule has 0 unspecified atom stereocenters. The summed E-state index contributed by atoms with van der Waals surface area (Å²) < 4.78 is 15.3. The van der Waals surface area contributed by atoms with E-state index >= 15 is 4.57 Å². The van der Waals surface area contributed by atoms with E-state index in [2.05, 4.69) is 94.4 Å². The maximum atomic E-state index is 15.3. The summed E-state index contributed by atoms with van der Waals surface area (Å²) in [5, 5.41) is 10.5. The Balaban J connectivity index is 1.42. The van der Waals surface area contributed by atoms with Crippen molar-refractivity contribution in [1.29, 1.82) is 0 Å². The number of hydrogen-bond donors (Lipinski definition) is 0. The number of hydrogen-bond acceptors (Lipinski definition) is 1. The molecule has 0 spiro atoms. The average molecular weight is 573 g/mol. The molecule has 2 heteroatoms. The maximum Gasteiger partial charge on any atom is 0.171 e. The number of fused-ring (bicyclic) bond motifs is 9. The van der Waals surface area contributed by atoms with Gasteiger partial charge in [0.25, 0.3) is 0 Å². The van der Waals surface area contributed by atoms with Crippen LogP contribution in [0.5, 0.6) is 0 Å². The van der Waals surface area contributed by atoms with Gasteiger partial charge >= 0.3 is 0 Å². The van der Waals surface area contributed by atoms with Crippen LogP contribution in [0.2, 0.25) is 0 Å². The van der Waals surface area contributed by atoms with Crippen LogP contribution in [-0.4, -0.2) is 0 Å². The molecule has 1 aliphatic rings. The van der Waals surface area contributed by atoms with Crippen molar-refractivity contribution < 1.29 is 4.57 Å². The molecule has 1 aliphatic carbocycles. The second-order valence-electron chi connectivity index (χ2n) is 12.6. The van der Waals surface area contributed by atoms with E-state index < -0.39 is 7.14 Å². The van der Waals surface area contributed by atoms with Gasteiger partial charge in [-0.3, -0.25) is 0 Å². The molecule has 0 amide bonds. The second kappa shape index (κ2) is 9.27. The largest absolute Gasteiger partial charge is 0.309 e. The van der Waals surface area contributed by atoms with E-state index in [9.17, 15) is 0 Å². The quantitative estimate of drug-likeness (QED) is 0.152. The van der Waals surface area contributed by atoms with Crippen LogP contribution in [-0.2, 0) is 9.98 Å². The maximum absolute atomic E-state index is 15.3. The molecule has 7 aromatic carbocycles. The zero-order valence-electron chi connectivity index (χ0n) is 25.0. The minimum absolute atomic E-state index is 0.245. The molecule has 0 aliphatic heterocycles. The lowest BCUT2D eigenvalue weighted by molar-refractivity contribution is 0.592. The summed E-state index contributed by atoms with van der Waals surface area (Å²) in [5.74, 6) is 0. The van der Waals surface area contributed by atoms with Gasteiger partial charge in [-0.25, -0.2) is 0 Å². The molecular weight excluding hydrogens is 539 g/mol. The van der Waals surface area contributed by atoms with Crippen LogP contribution in [0, 0.1) is 13.8 Å². The zero-order valence-corrected chi connectivity index (χ0v) is 25.9. The van der Waals surface area contributed by atoms with Crippen LogP contribution in [0.3, 0.4) is 0 Å². The third kappa shape index (κ3) is 3.68. The molecule has 0 aromatic heterocycles. The van der Waals surface area contributed by atoms with Crippen molar-refractivity contribution in [3.05, 3.63) is 150 Å². The predicted octanol–water partition coefficient (Wildman–Crippen LogP) is 9.71. The predicted molar refractivity (Wildman–Crippen MR) is 185 cm³/mol. The van der Waals surface area contributed by atoms with E-state index in [1.54, 1.807) is 0 Å². The van der Waals surface area contributed by atoms with Gasteiger partial charge in [0.05, 0.1) is 0 Å². The Morgan fingerprint density at radius 1 is 0.488 bits per heavy atom. The van der Waals surface area contributed by atoms with Crippen molar-refractivity contribution in [2.75, 3.05) is 0 Å². The van der Waals surface area contributed by atoms with Crippen molar-refractivity contribution in [3.63, 3.8) is 0 Å². The number of rotatable bonds is 3. The van der Waals surface area contributed by atoms with Crippen LogP contribution in [0.1, 0.15) is 36.1 Å². The molecule has 0 N–H and O–H groups in total. The second-order valence-corrected chi connectivity index (χ2v) is 15.4. The number of benzene rings is 7. The Kier molecular flexibility index (Phi) is 5.65. The summed E-state index contributed by atoms with van der Waals surface area (Å²) in [6, 6.07) is 44.9. The highest BCUT2D eigenvalue weighted by molar-refractivity contribution is 7.85. The molecule has 0 bridgehead atoms. The molecule has 0 radical (unpaired) electrons. The summed E-state index contributed by atoms with van der Waals surface area (Å²) >= 11 is 0. The topological polar surface area (TPSA) is 17.1 Å². The minimum atomic E-state index is -3.08. The van der Waals surface area contributed by atoms with E-state index in [-0.39, 0.29) is 5.41 Å². The summed E-state index contributed by atoms with van der Waals surface area (Å²) in [5.41, 5.74) is 7.44. The normalized spacial score (nSPS) is 13.9. The van der Waals surface area contributed by atoms with E-state index in [0.717, 1.165) is 15.9 Å². The summed E-state index contributed by atoms with van der Waals surface area (Å²) in [6.45, 7) is 9.07. The number of aryl methyl sites for hydroxylation is 2. The van der Waals surface area contributed by atoms with E-state index in [1.165, 1.54) is 65.7 Å². The lowest BCUT2D eigenvalue weighted by Gasteiger charge is -2.25. The smallest absolute Gasteiger partial charge is 0.171 e. The van der Waals surface area contributed by atoms with Crippen LogP contribution in [0.25, 0.3) is 43.4 Å². The van der Waals surface area contributed by atoms with Gasteiger partial charge in [-0.2, -0.15) is 0 Å². The molecular formula is C41H33OP. The third-order valence-corrected chi connectivity index (χ3v) is 12.7. The lowest BCUT2D eigenvalue weighted by atomic mass is 9.81.